The molecule has 2 aromatic rings. The third kappa shape index (κ3) is 2.08. The fourth-order valence-electron chi connectivity index (χ4n) is 1.35. The molecule has 0 aromatic carbocycles. The average Bonchev–Trinajstić information content (AvgIpc) is 2.78. The molecule has 0 atom stereocenters. The second-order valence-corrected chi connectivity index (χ2v) is 4.59. The SMILES string of the molecule is c1csc(-c2noc(CNC3CC3)n2)c1. The van der Waals surface area contributed by atoms with E-state index in [1.165, 1.54) is 12.8 Å². The Balaban J connectivity index is 1.69. The van der Waals surface area contributed by atoms with E-state index in [-0.39, 0.29) is 0 Å². The summed E-state index contributed by atoms with van der Waals surface area (Å²) in [5, 5.41) is 9.29. The molecule has 1 fully saturated rings. The van der Waals surface area contributed by atoms with Gasteiger partial charge in [0.15, 0.2) is 0 Å². The lowest BCUT2D eigenvalue weighted by Crippen LogP contribution is -2.15. The lowest BCUT2D eigenvalue weighted by atomic mass is 10.4. The molecule has 0 amide bonds. The summed E-state index contributed by atoms with van der Waals surface area (Å²) < 4.78 is 5.15. The zero-order valence-corrected chi connectivity index (χ0v) is 8.96. The molecule has 0 aliphatic heterocycles. The molecule has 1 N–H and O–H groups in total. The zero-order valence-electron chi connectivity index (χ0n) is 8.14. The van der Waals surface area contributed by atoms with Crippen LogP contribution in [0.25, 0.3) is 10.7 Å². The van der Waals surface area contributed by atoms with E-state index in [2.05, 4.69) is 15.5 Å². The zero-order chi connectivity index (χ0) is 10.1. The fourth-order valence-corrected chi connectivity index (χ4v) is 2.00. The molecule has 15 heavy (non-hydrogen) atoms. The maximum absolute atomic E-state index is 5.15. The number of nitrogens with one attached hydrogen (secondary N) is 1. The normalized spacial score (nSPS) is 15.7. The van der Waals surface area contributed by atoms with Gasteiger partial charge in [0.1, 0.15) is 0 Å². The number of aromatic nitrogens is 2. The van der Waals surface area contributed by atoms with Crippen LogP contribution in [0.15, 0.2) is 22.0 Å². The summed E-state index contributed by atoms with van der Waals surface area (Å²) in [5.74, 6) is 1.36. The molecular formula is C10H11N3OS. The summed E-state index contributed by atoms with van der Waals surface area (Å²) in [7, 11) is 0. The van der Waals surface area contributed by atoms with Gasteiger partial charge in [-0.2, -0.15) is 4.98 Å². The van der Waals surface area contributed by atoms with E-state index >= 15 is 0 Å². The minimum absolute atomic E-state index is 0.669. The minimum Gasteiger partial charge on any atom is -0.338 e. The molecule has 0 bridgehead atoms. The molecule has 0 saturated heterocycles. The van der Waals surface area contributed by atoms with Gasteiger partial charge in [-0.1, -0.05) is 11.2 Å². The van der Waals surface area contributed by atoms with E-state index in [0.717, 1.165) is 4.88 Å². The predicted octanol–water partition coefficient (Wildman–Crippen LogP) is 2.05. The second-order valence-electron chi connectivity index (χ2n) is 3.64. The molecule has 1 aliphatic rings. The summed E-state index contributed by atoms with van der Waals surface area (Å²) in [4.78, 5) is 5.37. The van der Waals surface area contributed by atoms with Crippen molar-refractivity contribution in [3.05, 3.63) is 23.4 Å². The largest absolute Gasteiger partial charge is 0.338 e. The van der Waals surface area contributed by atoms with Crippen molar-refractivity contribution < 1.29 is 4.52 Å². The van der Waals surface area contributed by atoms with Gasteiger partial charge < -0.3 is 9.84 Å². The average molecular weight is 221 g/mol. The van der Waals surface area contributed by atoms with Crippen LogP contribution >= 0.6 is 11.3 Å². The van der Waals surface area contributed by atoms with Crippen LogP contribution < -0.4 is 5.32 Å². The van der Waals surface area contributed by atoms with Crippen LogP contribution in [-0.4, -0.2) is 16.2 Å². The second kappa shape index (κ2) is 3.75. The van der Waals surface area contributed by atoms with Gasteiger partial charge in [0, 0.05) is 6.04 Å². The highest BCUT2D eigenvalue weighted by molar-refractivity contribution is 7.13. The van der Waals surface area contributed by atoms with E-state index in [1.54, 1.807) is 11.3 Å². The van der Waals surface area contributed by atoms with Crippen LogP contribution in [0.3, 0.4) is 0 Å². The third-order valence-electron chi connectivity index (χ3n) is 2.33. The lowest BCUT2D eigenvalue weighted by Gasteiger charge is -1.94. The Morgan fingerprint density at radius 1 is 1.53 bits per heavy atom. The molecule has 2 heterocycles. The van der Waals surface area contributed by atoms with E-state index in [1.807, 2.05) is 17.5 Å². The molecule has 1 saturated carbocycles. The number of hydrogen-bond acceptors (Lipinski definition) is 5. The van der Waals surface area contributed by atoms with E-state index in [0.29, 0.717) is 24.3 Å². The van der Waals surface area contributed by atoms with Crippen molar-refractivity contribution in [2.45, 2.75) is 25.4 Å². The maximum Gasteiger partial charge on any atom is 0.240 e. The maximum atomic E-state index is 5.15. The highest BCUT2D eigenvalue weighted by Crippen LogP contribution is 2.22. The van der Waals surface area contributed by atoms with E-state index in [4.69, 9.17) is 4.52 Å². The van der Waals surface area contributed by atoms with E-state index in [9.17, 15) is 0 Å². The molecule has 1 aliphatic carbocycles. The van der Waals surface area contributed by atoms with Gasteiger partial charge in [-0.15, -0.1) is 11.3 Å². The first-order valence-corrected chi connectivity index (χ1v) is 5.89. The molecule has 2 aromatic heterocycles. The van der Waals surface area contributed by atoms with Crippen LogP contribution in [0.2, 0.25) is 0 Å². The van der Waals surface area contributed by atoms with Gasteiger partial charge in [-0.25, -0.2) is 0 Å². The number of thiophene rings is 1. The molecule has 0 spiro atoms. The Hall–Kier alpha value is -1.20. The Kier molecular flexibility index (Phi) is 2.26. The summed E-state index contributed by atoms with van der Waals surface area (Å²) in [5.41, 5.74) is 0. The van der Waals surface area contributed by atoms with Crippen molar-refractivity contribution in [2.75, 3.05) is 0 Å². The first-order chi connectivity index (χ1) is 7.42. The molecular weight excluding hydrogens is 210 g/mol. The molecule has 3 rings (SSSR count). The smallest absolute Gasteiger partial charge is 0.240 e. The van der Waals surface area contributed by atoms with Crippen molar-refractivity contribution >= 4 is 11.3 Å². The minimum atomic E-state index is 0.669. The third-order valence-corrected chi connectivity index (χ3v) is 3.19. The first kappa shape index (κ1) is 9.06. The van der Waals surface area contributed by atoms with Crippen LogP contribution in [0, 0.1) is 0 Å². The van der Waals surface area contributed by atoms with Gasteiger partial charge >= 0.3 is 0 Å². The Labute approximate surface area is 91.3 Å². The topological polar surface area (TPSA) is 51.0 Å². The monoisotopic (exact) mass is 221 g/mol. The van der Waals surface area contributed by atoms with Crippen molar-refractivity contribution in [3.8, 4) is 10.7 Å². The van der Waals surface area contributed by atoms with Crippen LogP contribution in [-0.2, 0) is 6.54 Å². The van der Waals surface area contributed by atoms with Crippen LogP contribution in [0.1, 0.15) is 18.7 Å². The highest BCUT2D eigenvalue weighted by atomic mass is 32.1. The lowest BCUT2D eigenvalue weighted by molar-refractivity contribution is 0.367. The molecule has 78 valence electrons. The van der Waals surface area contributed by atoms with Gasteiger partial charge in [-0.05, 0) is 24.3 Å². The Morgan fingerprint density at radius 3 is 3.20 bits per heavy atom. The van der Waals surface area contributed by atoms with Crippen molar-refractivity contribution in [1.82, 2.24) is 15.5 Å². The Morgan fingerprint density at radius 2 is 2.47 bits per heavy atom. The van der Waals surface area contributed by atoms with Crippen LogP contribution in [0.4, 0.5) is 0 Å². The summed E-state index contributed by atoms with van der Waals surface area (Å²) >= 11 is 1.62. The Bertz CT molecular complexity index is 433. The van der Waals surface area contributed by atoms with Crippen molar-refractivity contribution in [1.29, 1.82) is 0 Å². The van der Waals surface area contributed by atoms with Gasteiger partial charge in [-0.3, -0.25) is 0 Å². The van der Waals surface area contributed by atoms with Crippen LogP contribution in [0.5, 0.6) is 0 Å². The summed E-state index contributed by atoms with van der Waals surface area (Å²) in [6.07, 6.45) is 2.54. The van der Waals surface area contributed by atoms with Crippen molar-refractivity contribution in [3.63, 3.8) is 0 Å². The summed E-state index contributed by atoms with van der Waals surface area (Å²) in [6, 6.07) is 4.65. The van der Waals surface area contributed by atoms with Gasteiger partial charge in [0.25, 0.3) is 0 Å². The number of rotatable bonds is 4. The number of nitrogens with zero attached hydrogens (tertiary/aromatic N) is 2. The standard InChI is InChI=1S/C10H11N3OS/c1-2-8(15-5-1)10-12-9(14-13-10)6-11-7-3-4-7/h1-2,5,7,11H,3-4,6H2. The molecule has 0 unspecified atom stereocenters. The van der Waals surface area contributed by atoms with Gasteiger partial charge in [0.05, 0.1) is 11.4 Å². The highest BCUT2D eigenvalue weighted by Gasteiger charge is 2.21. The van der Waals surface area contributed by atoms with E-state index < -0.39 is 0 Å². The van der Waals surface area contributed by atoms with Crippen molar-refractivity contribution in [2.24, 2.45) is 0 Å². The quantitative estimate of drug-likeness (QED) is 0.858. The first-order valence-electron chi connectivity index (χ1n) is 5.01. The number of hydrogen-bond donors (Lipinski definition) is 1. The molecule has 4 nitrogen and oxygen atoms in total. The summed E-state index contributed by atoms with van der Waals surface area (Å²) in [6.45, 7) is 0.684. The molecule has 0 radical (unpaired) electrons. The predicted molar refractivity (Wildman–Crippen MR) is 57.5 cm³/mol. The molecule has 5 heteroatoms. The fraction of sp³-hybridized carbons (Fsp3) is 0.400. The van der Waals surface area contributed by atoms with Gasteiger partial charge in [0.2, 0.25) is 11.7 Å².